The molecule has 6 heteroatoms. The van der Waals surface area contributed by atoms with E-state index < -0.39 is 0 Å². The van der Waals surface area contributed by atoms with Crippen LogP contribution in [0.3, 0.4) is 0 Å². The van der Waals surface area contributed by atoms with Crippen LogP contribution in [0, 0.1) is 5.92 Å². The summed E-state index contributed by atoms with van der Waals surface area (Å²) in [5.74, 6) is 2.63. The van der Waals surface area contributed by atoms with Gasteiger partial charge in [-0.2, -0.15) is 0 Å². The van der Waals surface area contributed by atoms with Crippen LogP contribution in [0.2, 0.25) is 0 Å². The molecule has 0 aliphatic carbocycles. The van der Waals surface area contributed by atoms with Crippen molar-refractivity contribution in [2.75, 3.05) is 13.6 Å². The van der Waals surface area contributed by atoms with E-state index in [9.17, 15) is 0 Å². The number of guanidine groups is 1. The first kappa shape index (κ1) is 23.9. The van der Waals surface area contributed by atoms with Gasteiger partial charge in [-0.05, 0) is 17.0 Å². The Labute approximate surface area is 197 Å². The van der Waals surface area contributed by atoms with Gasteiger partial charge in [-0.1, -0.05) is 74.5 Å². The number of nitrogens with one attached hydrogen (secondary N) is 2. The Bertz CT molecular complexity index is 851. The van der Waals surface area contributed by atoms with Crippen molar-refractivity contribution < 1.29 is 0 Å². The van der Waals surface area contributed by atoms with Gasteiger partial charge >= 0.3 is 0 Å². The highest BCUT2D eigenvalue weighted by atomic mass is 127. The maximum Gasteiger partial charge on any atom is 0.191 e. The molecule has 0 bridgehead atoms. The van der Waals surface area contributed by atoms with E-state index in [0.29, 0.717) is 12.5 Å². The Kier molecular flexibility index (Phi) is 9.86. The second-order valence-electron chi connectivity index (χ2n) is 7.57. The Morgan fingerprint density at radius 1 is 0.967 bits per heavy atom. The van der Waals surface area contributed by atoms with Crippen molar-refractivity contribution in [2.24, 2.45) is 10.9 Å². The van der Waals surface area contributed by atoms with E-state index in [-0.39, 0.29) is 29.9 Å². The van der Waals surface area contributed by atoms with Gasteiger partial charge in [-0.25, -0.2) is 4.98 Å². The van der Waals surface area contributed by atoms with E-state index in [1.165, 1.54) is 11.1 Å². The Morgan fingerprint density at radius 3 is 2.10 bits per heavy atom. The number of hydrogen-bond acceptors (Lipinski definition) is 2. The number of hydrogen-bond donors (Lipinski definition) is 2. The highest BCUT2D eigenvalue weighted by Crippen LogP contribution is 2.23. The van der Waals surface area contributed by atoms with Crippen LogP contribution >= 0.6 is 24.0 Å². The largest absolute Gasteiger partial charge is 0.355 e. The molecule has 0 atom stereocenters. The van der Waals surface area contributed by atoms with Crippen LogP contribution < -0.4 is 10.6 Å². The lowest BCUT2D eigenvalue weighted by Gasteiger charge is -2.21. The van der Waals surface area contributed by atoms with Crippen molar-refractivity contribution in [1.82, 2.24) is 20.2 Å². The first-order chi connectivity index (χ1) is 14.2. The van der Waals surface area contributed by atoms with Crippen molar-refractivity contribution in [3.8, 4) is 0 Å². The second kappa shape index (κ2) is 12.4. The van der Waals surface area contributed by atoms with E-state index in [1.807, 2.05) is 12.4 Å². The fourth-order valence-electron chi connectivity index (χ4n) is 3.45. The van der Waals surface area contributed by atoms with Gasteiger partial charge < -0.3 is 15.2 Å². The average Bonchev–Trinajstić information content (AvgIpc) is 3.18. The Balaban J connectivity index is 0.00000320. The van der Waals surface area contributed by atoms with Crippen LogP contribution in [-0.2, 0) is 13.1 Å². The minimum Gasteiger partial charge on any atom is -0.355 e. The molecule has 1 heterocycles. The summed E-state index contributed by atoms with van der Waals surface area (Å²) < 4.78 is 2.20. The molecule has 3 rings (SSSR count). The molecule has 2 aromatic carbocycles. The van der Waals surface area contributed by atoms with Crippen molar-refractivity contribution in [3.05, 3.63) is 90.0 Å². The maximum absolute atomic E-state index is 4.48. The van der Waals surface area contributed by atoms with Crippen LogP contribution in [-0.4, -0.2) is 29.1 Å². The molecule has 30 heavy (non-hydrogen) atoms. The molecule has 0 saturated carbocycles. The molecular weight excluding hydrogens is 485 g/mol. The van der Waals surface area contributed by atoms with E-state index in [1.54, 1.807) is 7.05 Å². The second-order valence-corrected chi connectivity index (χ2v) is 7.57. The smallest absolute Gasteiger partial charge is 0.191 e. The summed E-state index contributed by atoms with van der Waals surface area (Å²) in [6.45, 7) is 6.79. The summed E-state index contributed by atoms with van der Waals surface area (Å²) in [4.78, 5) is 8.88. The monoisotopic (exact) mass is 517 g/mol. The third-order valence-corrected chi connectivity index (χ3v) is 4.88. The number of rotatable bonds is 8. The lowest BCUT2D eigenvalue weighted by molar-refractivity contribution is 0.503. The SMILES string of the molecule is CN=C(NCc1nccn1CC(C)C)NCC(c1ccccc1)c1ccccc1.I. The number of benzene rings is 2. The zero-order chi connectivity index (χ0) is 20.5. The lowest BCUT2D eigenvalue weighted by atomic mass is 9.91. The third-order valence-electron chi connectivity index (χ3n) is 4.88. The lowest BCUT2D eigenvalue weighted by Crippen LogP contribution is -2.39. The summed E-state index contributed by atoms with van der Waals surface area (Å²) in [5, 5.41) is 6.89. The summed E-state index contributed by atoms with van der Waals surface area (Å²) in [7, 11) is 1.80. The number of aromatic nitrogens is 2. The third kappa shape index (κ3) is 6.86. The van der Waals surface area contributed by atoms with Crippen LogP contribution in [0.4, 0.5) is 0 Å². The van der Waals surface area contributed by atoms with Crippen molar-refractivity contribution in [2.45, 2.75) is 32.9 Å². The summed E-state index contributed by atoms with van der Waals surface area (Å²) >= 11 is 0. The summed E-state index contributed by atoms with van der Waals surface area (Å²) in [6.07, 6.45) is 3.89. The molecule has 0 aliphatic rings. The predicted octanol–water partition coefficient (Wildman–Crippen LogP) is 4.65. The molecule has 0 amide bonds. The van der Waals surface area contributed by atoms with Gasteiger partial charge in [-0.3, -0.25) is 4.99 Å². The average molecular weight is 517 g/mol. The van der Waals surface area contributed by atoms with Crippen molar-refractivity contribution in [1.29, 1.82) is 0 Å². The zero-order valence-corrected chi connectivity index (χ0v) is 20.3. The van der Waals surface area contributed by atoms with Gasteiger partial charge in [0.2, 0.25) is 0 Å². The van der Waals surface area contributed by atoms with Crippen LogP contribution in [0.1, 0.15) is 36.7 Å². The van der Waals surface area contributed by atoms with Gasteiger partial charge in [-0.15, -0.1) is 24.0 Å². The highest BCUT2D eigenvalue weighted by Gasteiger charge is 2.14. The van der Waals surface area contributed by atoms with Crippen LogP contribution in [0.5, 0.6) is 0 Å². The minimum atomic E-state index is 0. The maximum atomic E-state index is 4.48. The first-order valence-electron chi connectivity index (χ1n) is 10.2. The van der Waals surface area contributed by atoms with Crippen molar-refractivity contribution in [3.63, 3.8) is 0 Å². The van der Waals surface area contributed by atoms with Crippen LogP contribution in [0.15, 0.2) is 78.0 Å². The van der Waals surface area contributed by atoms with E-state index in [4.69, 9.17) is 0 Å². The van der Waals surface area contributed by atoms with E-state index >= 15 is 0 Å². The first-order valence-corrected chi connectivity index (χ1v) is 10.2. The summed E-state index contributed by atoms with van der Waals surface area (Å²) in [6, 6.07) is 21.2. The molecule has 160 valence electrons. The van der Waals surface area contributed by atoms with Gasteiger partial charge in [0.25, 0.3) is 0 Å². The number of aliphatic imine (C=N–C) groups is 1. The molecule has 0 saturated heterocycles. The standard InChI is InChI=1S/C24H31N5.HI/c1-19(2)18-29-15-14-26-23(29)17-28-24(25-3)27-16-22(20-10-6-4-7-11-20)21-12-8-5-9-13-21;/h4-15,19,22H,16-18H2,1-3H3,(H2,25,27,28);1H. The zero-order valence-electron chi connectivity index (χ0n) is 18.0. The molecule has 3 aromatic rings. The highest BCUT2D eigenvalue weighted by molar-refractivity contribution is 14.0. The fraction of sp³-hybridized carbons (Fsp3) is 0.333. The fourth-order valence-corrected chi connectivity index (χ4v) is 3.45. The van der Waals surface area contributed by atoms with Crippen LogP contribution in [0.25, 0.3) is 0 Å². The van der Waals surface area contributed by atoms with Gasteiger partial charge in [0.05, 0.1) is 6.54 Å². The molecule has 0 aliphatic heterocycles. The molecule has 2 N–H and O–H groups in total. The predicted molar refractivity (Wildman–Crippen MR) is 135 cm³/mol. The molecule has 0 radical (unpaired) electrons. The molecule has 0 spiro atoms. The Morgan fingerprint density at radius 2 is 1.57 bits per heavy atom. The normalized spacial score (nSPS) is 11.4. The quantitative estimate of drug-likeness (QED) is 0.260. The molecule has 1 aromatic heterocycles. The van der Waals surface area contributed by atoms with E-state index in [2.05, 4.69) is 99.7 Å². The number of halogens is 1. The van der Waals surface area contributed by atoms with Crippen molar-refractivity contribution >= 4 is 29.9 Å². The molecular formula is C24H32IN5. The number of imidazole rings is 1. The molecule has 0 fully saturated rings. The van der Waals surface area contributed by atoms with Gasteiger partial charge in [0, 0.05) is 38.4 Å². The topological polar surface area (TPSA) is 54.2 Å². The Hall–Kier alpha value is -2.35. The summed E-state index contributed by atoms with van der Waals surface area (Å²) in [5.41, 5.74) is 2.57. The van der Waals surface area contributed by atoms with Gasteiger partial charge in [0.15, 0.2) is 5.96 Å². The molecule has 0 unspecified atom stereocenters. The molecule has 5 nitrogen and oxygen atoms in total. The minimum absolute atomic E-state index is 0. The number of nitrogens with zero attached hydrogens (tertiary/aromatic N) is 3. The van der Waals surface area contributed by atoms with E-state index in [0.717, 1.165) is 24.9 Å². The van der Waals surface area contributed by atoms with Gasteiger partial charge in [0.1, 0.15) is 5.82 Å².